The van der Waals surface area contributed by atoms with Crippen molar-refractivity contribution < 1.29 is 18.0 Å². The molecule has 0 aliphatic rings. The Balaban J connectivity index is 3.01. The van der Waals surface area contributed by atoms with Gasteiger partial charge in [-0.25, -0.2) is 0 Å². The molecule has 0 saturated carbocycles. The molecule has 3 nitrogen and oxygen atoms in total. The second kappa shape index (κ2) is 5.87. The number of thiocarbonyl (C=S) groups is 1. The summed E-state index contributed by atoms with van der Waals surface area (Å²) in [4.78, 5) is 11.7. The van der Waals surface area contributed by atoms with Crippen molar-refractivity contribution in [1.82, 2.24) is 0 Å². The molecule has 0 fully saturated rings. The molecule has 0 aliphatic heterocycles. The Kier molecular flexibility index (Phi) is 4.92. The van der Waals surface area contributed by atoms with Crippen molar-refractivity contribution in [2.24, 2.45) is 11.7 Å². The Morgan fingerprint density at radius 1 is 1.47 bits per heavy atom. The first-order chi connectivity index (χ1) is 8.62. The third kappa shape index (κ3) is 4.17. The van der Waals surface area contributed by atoms with Crippen LogP contribution in [0.2, 0.25) is 0 Å². The maximum absolute atomic E-state index is 12.6. The van der Waals surface area contributed by atoms with Crippen LogP contribution < -0.4 is 11.1 Å². The van der Waals surface area contributed by atoms with E-state index in [1.165, 1.54) is 13.0 Å². The van der Waals surface area contributed by atoms with E-state index in [2.05, 4.69) is 33.5 Å². The topological polar surface area (TPSA) is 55.1 Å². The van der Waals surface area contributed by atoms with Crippen molar-refractivity contribution in [3.8, 4) is 0 Å². The van der Waals surface area contributed by atoms with E-state index in [9.17, 15) is 18.0 Å². The van der Waals surface area contributed by atoms with E-state index in [1.54, 1.807) is 0 Å². The van der Waals surface area contributed by atoms with Gasteiger partial charge in [-0.3, -0.25) is 4.79 Å². The molecule has 8 heteroatoms. The summed E-state index contributed by atoms with van der Waals surface area (Å²) >= 11 is 7.72. The first-order valence-electron chi connectivity index (χ1n) is 5.10. The van der Waals surface area contributed by atoms with Gasteiger partial charge in [0.25, 0.3) is 0 Å². The molecule has 0 radical (unpaired) electrons. The van der Waals surface area contributed by atoms with Crippen LogP contribution in [0.3, 0.4) is 0 Å². The molecule has 1 atom stereocenters. The highest BCUT2D eigenvalue weighted by molar-refractivity contribution is 9.10. The molecule has 0 saturated heterocycles. The minimum Gasteiger partial charge on any atom is -0.393 e. The van der Waals surface area contributed by atoms with Gasteiger partial charge in [-0.1, -0.05) is 12.2 Å². The average molecular weight is 355 g/mol. The fraction of sp³-hybridized carbons (Fsp3) is 0.273. The fourth-order valence-corrected chi connectivity index (χ4v) is 1.62. The predicted octanol–water partition coefficient (Wildman–Crippen LogP) is 3.33. The van der Waals surface area contributed by atoms with Gasteiger partial charge in [0.1, 0.15) is 0 Å². The van der Waals surface area contributed by atoms with Crippen molar-refractivity contribution >= 4 is 44.7 Å². The minimum atomic E-state index is -4.48. The molecule has 1 aromatic carbocycles. The second-order valence-corrected chi connectivity index (χ2v) is 5.13. The molecule has 0 aliphatic carbocycles. The van der Waals surface area contributed by atoms with Crippen LogP contribution in [0.5, 0.6) is 0 Å². The summed E-state index contributed by atoms with van der Waals surface area (Å²) in [6.07, 6.45) is -4.48. The van der Waals surface area contributed by atoms with E-state index in [0.717, 1.165) is 12.1 Å². The van der Waals surface area contributed by atoms with Crippen LogP contribution in [-0.2, 0) is 11.0 Å². The number of amides is 1. The molecule has 1 unspecified atom stereocenters. The van der Waals surface area contributed by atoms with Crippen molar-refractivity contribution in [2.75, 3.05) is 5.32 Å². The van der Waals surface area contributed by atoms with Gasteiger partial charge in [0.05, 0.1) is 22.2 Å². The van der Waals surface area contributed by atoms with Gasteiger partial charge in [-0.05, 0) is 41.1 Å². The van der Waals surface area contributed by atoms with Crippen molar-refractivity contribution in [2.45, 2.75) is 13.1 Å². The Bertz CT molecular complexity index is 519. The van der Waals surface area contributed by atoms with Gasteiger partial charge in [0.15, 0.2) is 0 Å². The predicted molar refractivity (Wildman–Crippen MR) is 73.7 cm³/mol. The standard InChI is InChI=1S/C11H10BrF3N2OS/c1-5(9(16)19)10(18)17-8-4-6(11(13,14)15)2-3-7(8)12/h2-5H,1H3,(H2,16,19)(H,17,18). The maximum Gasteiger partial charge on any atom is 0.416 e. The number of nitrogens with two attached hydrogens (primary N) is 1. The van der Waals surface area contributed by atoms with Gasteiger partial charge in [0.2, 0.25) is 5.91 Å². The van der Waals surface area contributed by atoms with Crippen LogP contribution in [0, 0.1) is 5.92 Å². The number of carbonyl (C=O) groups excluding carboxylic acids is 1. The molecule has 0 aromatic heterocycles. The minimum absolute atomic E-state index is 0.0166. The largest absolute Gasteiger partial charge is 0.416 e. The van der Waals surface area contributed by atoms with Crippen LogP contribution in [-0.4, -0.2) is 10.9 Å². The van der Waals surface area contributed by atoms with Gasteiger partial charge >= 0.3 is 6.18 Å². The molecule has 0 bridgehead atoms. The Morgan fingerprint density at radius 2 is 2.05 bits per heavy atom. The summed E-state index contributed by atoms with van der Waals surface area (Å²) < 4.78 is 38.0. The third-order valence-electron chi connectivity index (χ3n) is 2.37. The van der Waals surface area contributed by atoms with Crippen molar-refractivity contribution in [3.05, 3.63) is 28.2 Å². The van der Waals surface area contributed by atoms with E-state index in [4.69, 9.17) is 5.73 Å². The lowest BCUT2D eigenvalue weighted by Gasteiger charge is -2.14. The van der Waals surface area contributed by atoms with Crippen LogP contribution in [0.15, 0.2) is 22.7 Å². The molecule has 3 N–H and O–H groups in total. The Morgan fingerprint density at radius 3 is 2.53 bits per heavy atom. The van der Waals surface area contributed by atoms with Crippen molar-refractivity contribution in [3.63, 3.8) is 0 Å². The van der Waals surface area contributed by atoms with Gasteiger partial charge in [-0.15, -0.1) is 0 Å². The molecular weight excluding hydrogens is 345 g/mol. The first kappa shape index (κ1) is 15.9. The number of hydrogen-bond acceptors (Lipinski definition) is 2. The van der Waals surface area contributed by atoms with E-state index in [1.807, 2.05) is 0 Å². The SMILES string of the molecule is CC(C(=O)Nc1cc(C(F)(F)F)ccc1Br)C(N)=S. The number of halogens is 4. The van der Waals surface area contributed by atoms with Crippen LogP contribution in [0.4, 0.5) is 18.9 Å². The molecule has 0 spiro atoms. The third-order valence-corrected chi connectivity index (χ3v) is 3.42. The molecule has 1 aromatic rings. The number of benzene rings is 1. The van der Waals surface area contributed by atoms with E-state index >= 15 is 0 Å². The van der Waals surface area contributed by atoms with Crippen LogP contribution in [0.25, 0.3) is 0 Å². The number of carbonyl (C=O) groups is 1. The second-order valence-electron chi connectivity index (χ2n) is 3.81. The highest BCUT2D eigenvalue weighted by Gasteiger charge is 2.31. The number of hydrogen-bond donors (Lipinski definition) is 2. The number of alkyl halides is 3. The summed E-state index contributed by atoms with van der Waals surface area (Å²) in [5, 5.41) is 2.35. The number of anilines is 1. The Labute approximate surface area is 121 Å². The molecule has 19 heavy (non-hydrogen) atoms. The lowest BCUT2D eigenvalue weighted by atomic mass is 10.1. The molecule has 0 heterocycles. The zero-order valence-corrected chi connectivity index (χ0v) is 12.1. The van der Waals surface area contributed by atoms with E-state index in [0.29, 0.717) is 4.47 Å². The lowest BCUT2D eigenvalue weighted by molar-refractivity contribution is -0.137. The highest BCUT2D eigenvalue weighted by Crippen LogP contribution is 2.34. The maximum atomic E-state index is 12.6. The Hall–Kier alpha value is -1.15. The normalized spacial score (nSPS) is 12.9. The molecule has 1 amide bonds. The first-order valence-corrected chi connectivity index (χ1v) is 6.30. The summed E-state index contributed by atoms with van der Waals surface area (Å²) in [7, 11) is 0. The van der Waals surface area contributed by atoms with Crippen LogP contribution in [0.1, 0.15) is 12.5 Å². The fourth-order valence-electron chi connectivity index (χ4n) is 1.17. The van der Waals surface area contributed by atoms with E-state index in [-0.39, 0.29) is 10.7 Å². The van der Waals surface area contributed by atoms with Crippen molar-refractivity contribution in [1.29, 1.82) is 0 Å². The monoisotopic (exact) mass is 354 g/mol. The van der Waals surface area contributed by atoms with Gasteiger partial charge in [-0.2, -0.15) is 13.2 Å². The van der Waals surface area contributed by atoms with Gasteiger partial charge < -0.3 is 11.1 Å². The quantitative estimate of drug-likeness (QED) is 0.818. The van der Waals surface area contributed by atoms with Gasteiger partial charge in [0, 0.05) is 4.47 Å². The zero-order valence-electron chi connectivity index (χ0n) is 9.72. The molecular formula is C11H10BrF3N2OS. The summed E-state index contributed by atoms with van der Waals surface area (Å²) in [6.45, 7) is 1.47. The average Bonchev–Trinajstić information content (AvgIpc) is 2.29. The van der Waals surface area contributed by atoms with Crippen LogP contribution >= 0.6 is 28.1 Å². The lowest BCUT2D eigenvalue weighted by Crippen LogP contribution is -2.31. The highest BCUT2D eigenvalue weighted by atomic mass is 79.9. The summed E-state index contributed by atoms with van der Waals surface area (Å²) in [6, 6.07) is 2.97. The smallest absolute Gasteiger partial charge is 0.393 e. The zero-order chi connectivity index (χ0) is 14.8. The summed E-state index contributed by atoms with van der Waals surface area (Å²) in [5.41, 5.74) is 4.47. The number of nitrogens with one attached hydrogen (secondary N) is 1. The van der Waals surface area contributed by atoms with E-state index < -0.39 is 23.6 Å². The summed E-state index contributed by atoms with van der Waals surface area (Å²) in [5.74, 6) is -1.33. The molecule has 104 valence electrons. The number of rotatable bonds is 3. The molecule has 1 rings (SSSR count).